The van der Waals surface area contributed by atoms with Crippen LogP contribution >= 0.6 is 29.4 Å². The Morgan fingerprint density at radius 1 is 0.917 bits per heavy atom. The number of hydrogen-bond donors (Lipinski definition) is 3. The maximum atomic E-state index is 9.94. The summed E-state index contributed by atoms with van der Waals surface area (Å²) in [5.74, 6) is 2.50. The fourth-order valence-corrected chi connectivity index (χ4v) is 7.13. The van der Waals surface area contributed by atoms with Gasteiger partial charge in [0.15, 0.2) is 11.5 Å². The first kappa shape index (κ1) is 29.1. The Morgan fingerprint density at radius 2 is 1.61 bits per heavy atom. The summed E-state index contributed by atoms with van der Waals surface area (Å²) in [6.07, 6.45) is 9.44. The van der Waals surface area contributed by atoms with Crippen LogP contribution in [0.15, 0.2) is 24.3 Å². The summed E-state index contributed by atoms with van der Waals surface area (Å²) in [6.45, 7) is 4.52. The average Bonchev–Trinajstić information content (AvgIpc) is 2.86. The number of aromatic hydroxyl groups is 2. The number of phenols is 2. The van der Waals surface area contributed by atoms with Gasteiger partial charge >= 0.3 is 0 Å². The number of fused-ring (bicyclic) bond motifs is 6. The highest BCUT2D eigenvalue weighted by atomic mass is 79.9. The summed E-state index contributed by atoms with van der Waals surface area (Å²) in [7, 11) is 4.00. The predicted molar refractivity (Wildman–Crippen MR) is 154 cm³/mol. The van der Waals surface area contributed by atoms with E-state index in [1.807, 2.05) is 6.07 Å². The van der Waals surface area contributed by atoms with Crippen molar-refractivity contribution in [2.75, 3.05) is 27.2 Å². The van der Waals surface area contributed by atoms with Gasteiger partial charge in [0, 0.05) is 17.6 Å². The Bertz CT molecular complexity index is 1050. The highest BCUT2D eigenvalue weighted by Gasteiger charge is 2.36. The molecule has 0 unspecified atom stereocenters. The zero-order valence-electron chi connectivity index (χ0n) is 21.8. The highest BCUT2D eigenvalue weighted by molar-refractivity contribution is 8.93. The molecule has 2 heterocycles. The van der Waals surface area contributed by atoms with E-state index in [9.17, 15) is 10.2 Å². The highest BCUT2D eigenvalue weighted by Crippen LogP contribution is 2.45. The van der Waals surface area contributed by atoms with Gasteiger partial charge in [0.25, 0.3) is 0 Å². The molecule has 0 radical (unpaired) electrons. The third kappa shape index (κ3) is 5.38. The zero-order chi connectivity index (χ0) is 23.8. The molecule has 0 spiro atoms. The number of likely N-dealkylation sites (N-methyl/N-ethyl adjacent to an activating group) is 1. The van der Waals surface area contributed by atoms with Crippen LogP contribution in [0.5, 0.6) is 17.2 Å². The van der Waals surface area contributed by atoms with E-state index in [0.717, 1.165) is 30.6 Å². The van der Waals surface area contributed by atoms with Crippen molar-refractivity contribution in [1.29, 1.82) is 0 Å². The lowest BCUT2D eigenvalue weighted by atomic mass is 9.74. The molecule has 2 aliphatic carbocycles. The van der Waals surface area contributed by atoms with Crippen LogP contribution in [-0.2, 0) is 12.8 Å². The largest absolute Gasteiger partial charge is 0.504 e. The molecule has 4 aliphatic rings. The van der Waals surface area contributed by atoms with Gasteiger partial charge in [-0.05, 0) is 119 Å². The molecule has 7 heteroatoms. The number of aryl methyl sites for hydroxylation is 1. The van der Waals surface area contributed by atoms with E-state index in [-0.39, 0.29) is 40.9 Å². The number of hydrogen-bond acceptors (Lipinski definition) is 5. The number of rotatable bonds is 1. The molecule has 3 N–H and O–H groups in total. The smallest absolute Gasteiger partial charge is 0.160 e. The fourth-order valence-electron chi connectivity index (χ4n) is 7.13. The van der Waals surface area contributed by atoms with Gasteiger partial charge in [-0.15, -0.1) is 29.4 Å². The summed E-state index contributed by atoms with van der Waals surface area (Å²) in [6, 6.07) is 9.49. The van der Waals surface area contributed by atoms with E-state index in [4.69, 9.17) is 4.74 Å². The molecule has 0 aromatic heterocycles. The number of piperidine rings is 2. The van der Waals surface area contributed by atoms with Gasteiger partial charge in [0.1, 0.15) is 5.75 Å². The Kier molecular flexibility index (Phi) is 10.0. The van der Waals surface area contributed by atoms with E-state index in [2.05, 4.69) is 36.3 Å². The monoisotopic (exact) mass is 580 g/mol. The molecule has 2 aromatic carbocycles. The van der Waals surface area contributed by atoms with E-state index >= 15 is 0 Å². The molecular weight excluding hydrogens is 540 g/mol. The first-order valence-electron chi connectivity index (χ1n) is 13.1. The van der Waals surface area contributed by atoms with Gasteiger partial charge in [0.2, 0.25) is 0 Å². The molecule has 2 aliphatic heterocycles. The summed E-state index contributed by atoms with van der Waals surface area (Å²) < 4.78 is 5.60. The van der Waals surface area contributed by atoms with Crippen LogP contribution in [0.3, 0.4) is 0 Å². The first-order valence-corrected chi connectivity index (χ1v) is 13.1. The third-order valence-corrected chi connectivity index (χ3v) is 8.83. The Morgan fingerprint density at radius 3 is 2.39 bits per heavy atom. The van der Waals surface area contributed by atoms with Crippen molar-refractivity contribution in [3.63, 3.8) is 0 Å². The summed E-state index contributed by atoms with van der Waals surface area (Å²) in [5.41, 5.74) is 6.51. The molecule has 4 atom stereocenters. The van der Waals surface area contributed by atoms with Gasteiger partial charge < -0.3 is 25.2 Å². The minimum absolute atomic E-state index is 0. The van der Waals surface area contributed by atoms with Crippen LogP contribution in [0.4, 0.5) is 0 Å². The van der Waals surface area contributed by atoms with Crippen molar-refractivity contribution in [1.82, 2.24) is 10.2 Å². The molecular formula is C29H42BrClN2O3. The SMILES string of the molecule is Br.CN1CCC[C@@H]2c3ccc(O)c(O)c3CC[C@@H]21.COc1c(C)ccc2c1CC[C@@H]1NCCC[C@H]21.Cl. The molecule has 6 rings (SSSR count). The van der Waals surface area contributed by atoms with E-state index < -0.39 is 0 Å². The standard InChI is InChI=1S/C15H21NO.C14H19NO2.BrH.ClH/c1-10-5-6-11-12-4-3-9-16-14(12)8-7-13(11)15(10)17-2;1-15-8-2-3-10-9-5-7-13(16)14(17)11(9)4-6-12(10)15;;/h5-6,12,14,16H,3-4,7-9H2,1-2H3;5,7,10,12,16-17H,2-4,6,8H2,1H3;2*1H/t12-,14+;10-,12+;;/m11../s1. The lowest BCUT2D eigenvalue weighted by Crippen LogP contribution is -2.43. The number of nitrogens with one attached hydrogen (secondary N) is 1. The summed E-state index contributed by atoms with van der Waals surface area (Å²) >= 11 is 0. The van der Waals surface area contributed by atoms with Crippen molar-refractivity contribution in [2.45, 2.75) is 82.2 Å². The zero-order valence-corrected chi connectivity index (χ0v) is 24.3. The van der Waals surface area contributed by atoms with Gasteiger partial charge in [-0.25, -0.2) is 0 Å². The molecule has 2 fully saturated rings. The number of likely N-dealkylation sites (tertiary alicyclic amines) is 1. The lowest BCUT2D eigenvalue weighted by Gasteiger charge is -2.43. The Balaban J connectivity index is 0.000000190. The topological polar surface area (TPSA) is 65.0 Å². The Hall–Kier alpha value is -1.47. The first-order chi connectivity index (χ1) is 16.5. The van der Waals surface area contributed by atoms with Gasteiger partial charge in [-0.3, -0.25) is 0 Å². The van der Waals surface area contributed by atoms with Crippen molar-refractivity contribution >= 4 is 29.4 Å². The minimum Gasteiger partial charge on any atom is -0.504 e. The van der Waals surface area contributed by atoms with Crippen molar-refractivity contribution in [2.24, 2.45) is 0 Å². The van der Waals surface area contributed by atoms with Gasteiger partial charge in [-0.1, -0.05) is 18.2 Å². The second-order valence-electron chi connectivity index (χ2n) is 10.7. The molecule has 0 saturated carbocycles. The number of nitrogens with zero attached hydrogens (tertiary/aromatic N) is 1. The maximum Gasteiger partial charge on any atom is 0.160 e. The summed E-state index contributed by atoms with van der Waals surface area (Å²) in [4.78, 5) is 2.45. The third-order valence-electron chi connectivity index (χ3n) is 8.83. The molecule has 0 amide bonds. The number of ether oxygens (including phenoxy) is 1. The number of benzene rings is 2. The van der Waals surface area contributed by atoms with Crippen LogP contribution in [0.2, 0.25) is 0 Å². The van der Waals surface area contributed by atoms with Gasteiger partial charge in [-0.2, -0.15) is 0 Å². The van der Waals surface area contributed by atoms with E-state index in [0.29, 0.717) is 23.9 Å². The van der Waals surface area contributed by atoms with E-state index in [1.54, 1.807) is 13.2 Å². The number of halogens is 2. The molecule has 2 saturated heterocycles. The van der Waals surface area contributed by atoms with Crippen LogP contribution in [0.25, 0.3) is 0 Å². The van der Waals surface area contributed by atoms with E-state index in [1.165, 1.54) is 67.4 Å². The predicted octanol–water partition coefficient (Wildman–Crippen LogP) is 6.01. The summed E-state index contributed by atoms with van der Waals surface area (Å²) in [5, 5.41) is 23.2. The molecule has 0 bridgehead atoms. The van der Waals surface area contributed by atoms with Gasteiger partial charge in [0.05, 0.1) is 7.11 Å². The number of phenolic OH excluding ortho intramolecular Hbond substituents is 2. The van der Waals surface area contributed by atoms with Crippen LogP contribution < -0.4 is 10.1 Å². The van der Waals surface area contributed by atoms with Crippen LogP contribution in [0.1, 0.15) is 78.2 Å². The molecule has 200 valence electrons. The van der Waals surface area contributed by atoms with Crippen molar-refractivity contribution < 1.29 is 14.9 Å². The average molecular weight is 582 g/mol. The maximum absolute atomic E-state index is 9.94. The molecule has 36 heavy (non-hydrogen) atoms. The number of methoxy groups -OCH3 is 1. The van der Waals surface area contributed by atoms with Crippen LogP contribution in [0, 0.1) is 6.92 Å². The van der Waals surface area contributed by atoms with Crippen LogP contribution in [-0.4, -0.2) is 54.4 Å². The molecule has 5 nitrogen and oxygen atoms in total. The van der Waals surface area contributed by atoms with Crippen molar-refractivity contribution in [3.05, 3.63) is 52.1 Å². The second-order valence-corrected chi connectivity index (χ2v) is 10.7. The second kappa shape index (κ2) is 12.4. The lowest BCUT2D eigenvalue weighted by molar-refractivity contribution is 0.143. The molecule has 2 aromatic rings. The minimum atomic E-state index is 0. The quantitative estimate of drug-likeness (QED) is 0.360. The normalized spacial score (nSPS) is 26.3. The fraction of sp³-hybridized carbons (Fsp3) is 0.586. The van der Waals surface area contributed by atoms with Crippen molar-refractivity contribution in [3.8, 4) is 17.2 Å². The Labute approximate surface area is 232 Å².